The van der Waals surface area contributed by atoms with Crippen LogP contribution in [0.2, 0.25) is 0 Å². The van der Waals surface area contributed by atoms with Crippen molar-refractivity contribution in [1.29, 1.82) is 0 Å². The molecule has 0 bridgehead atoms. The fraction of sp³-hybridized carbons (Fsp3) is 0.385. The molecule has 0 saturated carbocycles. The van der Waals surface area contributed by atoms with Crippen LogP contribution in [-0.2, 0) is 9.59 Å². The van der Waals surface area contributed by atoms with Gasteiger partial charge in [0.1, 0.15) is 17.7 Å². The fourth-order valence-corrected chi connectivity index (χ4v) is 1.62. The van der Waals surface area contributed by atoms with E-state index in [1.165, 1.54) is 5.32 Å². The average Bonchev–Trinajstić information content (AvgIpc) is 2.37. The second-order valence-corrected chi connectivity index (χ2v) is 4.33. The molecule has 0 aliphatic carbocycles. The Hall–Kier alpha value is -2.02. The molecule has 1 rings (SSSR count). The second-order valence-electron chi connectivity index (χ2n) is 4.33. The second kappa shape index (κ2) is 7.54. The summed E-state index contributed by atoms with van der Waals surface area (Å²) in [5.74, 6) is -3.70. The number of quaternary nitrogens is 1. The van der Waals surface area contributed by atoms with Crippen molar-refractivity contribution in [1.82, 2.24) is 0 Å². The lowest BCUT2D eigenvalue weighted by Crippen LogP contribution is -2.93. The van der Waals surface area contributed by atoms with Gasteiger partial charge in [-0.2, -0.15) is 0 Å². The molecule has 5 nitrogen and oxygen atoms in total. The molecule has 0 heterocycles. The number of carbonyl (C=O) groups excluding carboxylic acids is 2. The molecule has 1 amide bonds. The highest BCUT2D eigenvalue weighted by atomic mass is 19.1. The lowest BCUT2D eigenvalue weighted by molar-refractivity contribution is -0.682. The number of carboxylic acids is 1. The Balaban J connectivity index is 2.63. The van der Waals surface area contributed by atoms with Gasteiger partial charge in [-0.05, 0) is 18.6 Å². The average molecular weight is 286 g/mol. The lowest BCUT2D eigenvalue weighted by atomic mass is 10.2. The van der Waals surface area contributed by atoms with E-state index in [1.807, 2.05) is 6.92 Å². The Labute approximate surface area is 115 Å². The van der Waals surface area contributed by atoms with Gasteiger partial charge in [-0.15, -0.1) is 0 Å². The van der Waals surface area contributed by atoms with Crippen LogP contribution >= 0.6 is 0 Å². The summed E-state index contributed by atoms with van der Waals surface area (Å²) in [6.45, 7) is 2.41. The third-order valence-electron chi connectivity index (χ3n) is 2.65. The van der Waals surface area contributed by atoms with Crippen LogP contribution in [0.4, 0.5) is 14.5 Å². The number of hydrogen-bond donors (Lipinski definition) is 2. The number of amides is 1. The van der Waals surface area contributed by atoms with E-state index in [0.29, 0.717) is 12.6 Å². The van der Waals surface area contributed by atoms with E-state index in [4.69, 9.17) is 0 Å². The van der Waals surface area contributed by atoms with Crippen LogP contribution in [0.1, 0.15) is 19.8 Å². The summed E-state index contributed by atoms with van der Waals surface area (Å²) < 4.78 is 26.0. The Bertz CT molecular complexity index is 495. The molecule has 1 atom stereocenters. The van der Waals surface area contributed by atoms with E-state index in [-0.39, 0.29) is 12.1 Å². The van der Waals surface area contributed by atoms with Crippen molar-refractivity contribution in [3.05, 3.63) is 29.8 Å². The van der Waals surface area contributed by atoms with Crippen molar-refractivity contribution in [2.24, 2.45) is 0 Å². The highest BCUT2D eigenvalue weighted by Crippen LogP contribution is 2.15. The standard InChI is InChI=1S/C13H16F2N2O3/c1-2-5-16-11(13(19)20)7-12(18)17-10-4-3-8(14)6-9(10)15/h3-4,6,11,16H,2,5,7H2,1H3,(H,17,18)(H,19,20)/t11-/m1/s1. The van der Waals surface area contributed by atoms with Gasteiger partial charge in [0.25, 0.3) is 0 Å². The molecule has 0 spiro atoms. The number of carboxylic acid groups (broad SMARTS) is 1. The number of hydrogen-bond acceptors (Lipinski definition) is 3. The van der Waals surface area contributed by atoms with Crippen molar-refractivity contribution in [2.45, 2.75) is 25.8 Å². The molecule has 0 radical (unpaired) electrons. The van der Waals surface area contributed by atoms with E-state index in [0.717, 1.165) is 18.6 Å². The van der Waals surface area contributed by atoms with Gasteiger partial charge in [0, 0.05) is 6.07 Å². The normalized spacial score (nSPS) is 11.9. The van der Waals surface area contributed by atoms with Crippen molar-refractivity contribution in [2.75, 3.05) is 11.9 Å². The largest absolute Gasteiger partial charge is 0.544 e. The molecular weight excluding hydrogens is 270 g/mol. The highest BCUT2D eigenvalue weighted by Gasteiger charge is 2.18. The zero-order valence-electron chi connectivity index (χ0n) is 11.0. The van der Waals surface area contributed by atoms with E-state index in [9.17, 15) is 23.5 Å². The van der Waals surface area contributed by atoms with Crippen LogP contribution < -0.4 is 15.7 Å². The third-order valence-corrected chi connectivity index (χ3v) is 2.65. The minimum atomic E-state index is -1.35. The molecule has 1 aromatic rings. The van der Waals surface area contributed by atoms with E-state index in [2.05, 4.69) is 5.32 Å². The number of carbonyl (C=O) groups is 2. The maximum absolute atomic E-state index is 13.3. The first-order valence-corrected chi connectivity index (χ1v) is 6.23. The molecule has 0 aliphatic heterocycles. The monoisotopic (exact) mass is 286 g/mol. The van der Waals surface area contributed by atoms with Crippen LogP contribution in [0, 0.1) is 11.6 Å². The van der Waals surface area contributed by atoms with Crippen LogP contribution in [0.15, 0.2) is 18.2 Å². The summed E-state index contributed by atoms with van der Waals surface area (Å²) in [7, 11) is 0. The molecule has 0 aromatic heterocycles. The van der Waals surface area contributed by atoms with Gasteiger partial charge in [-0.1, -0.05) is 6.92 Å². The van der Waals surface area contributed by atoms with Gasteiger partial charge >= 0.3 is 0 Å². The van der Waals surface area contributed by atoms with E-state index >= 15 is 0 Å². The molecule has 0 unspecified atom stereocenters. The quantitative estimate of drug-likeness (QED) is 0.701. The van der Waals surface area contributed by atoms with Gasteiger partial charge in [0.05, 0.1) is 24.6 Å². The molecule has 0 fully saturated rings. The summed E-state index contributed by atoms with van der Waals surface area (Å²) in [6.07, 6.45) is 0.400. The minimum absolute atomic E-state index is 0.191. The highest BCUT2D eigenvalue weighted by molar-refractivity contribution is 5.93. The van der Waals surface area contributed by atoms with Gasteiger partial charge in [0.15, 0.2) is 0 Å². The van der Waals surface area contributed by atoms with E-state index in [1.54, 1.807) is 0 Å². The predicted octanol–water partition coefficient (Wildman–Crippen LogP) is -0.615. The van der Waals surface area contributed by atoms with Crippen LogP contribution in [0.5, 0.6) is 0 Å². The first kappa shape index (κ1) is 16.0. The third kappa shape index (κ3) is 4.93. The van der Waals surface area contributed by atoms with Gasteiger partial charge in [-0.3, -0.25) is 4.79 Å². The number of aliphatic carboxylic acids is 1. The molecular formula is C13H16F2N2O3. The SMILES string of the molecule is CCC[NH2+][C@H](CC(=O)Nc1ccc(F)cc1F)C(=O)[O-]. The summed E-state index contributed by atoms with van der Waals surface area (Å²) in [6, 6.07) is 1.68. The molecule has 1 aromatic carbocycles. The lowest BCUT2D eigenvalue weighted by Gasteiger charge is -2.16. The molecule has 110 valence electrons. The van der Waals surface area contributed by atoms with Gasteiger partial charge < -0.3 is 20.5 Å². The van der Waals surface area contributed by atoms with E-state index < -0.39 is 29.6 Å². The zero-order valence-corrected chi connectivity index (χ0v) is 11.0. The van der Waals surface area contributed by atoms with Gasteiger partial charge in [-0.25, -0.2) is 8.78 Å². The van der Waals surface area contributed by atoms with Gasteiger partial charge in [0.2, 0.25) is 5.91 Å². The Kier molecular flexibility index (Phi) is 6.05. The molecule has 0 aliphatic rings. The number of rotatable bonds is 7. The number of anilines is 1. The molecule has 7 heteroatoms. The Morgan fingerprint density at radius 3 is 2.65 bits per heavy atom. The van der Waals surface area contributed by atoms with Crippen LogP contribution in [0.25, 0.3) is 0 Å². The summed E-state index contributed by atoms with van der Waals surface area (Å²) >= 11 is 0. The Morgan fingerprint density at radius 2 is 2.10 bits per heavy atom. The molecule has 3 N–H and O–H groups in total. The van der Waals surface area contributed by atoms with Crippen LogP contribution in [-0.4, -0.2) is 24.5 Å². The number of nitrogens with two attached hydrogens (primary N) is 1. The van der Waals surface area contributed by atoms with Crippen molar-refractivity contribution < 1.29 is 28.8 Å². The van der Waals surface area contributed by atoms with Crippen molar-refractivity contribution >= 4 is 17.6 Å². The van der Waals surface area contributed by atoms with Crippen molar-refractivity contribution in [3.8, 4) is 0 Å². The predicted molar refractivity (Wildman–Crippen MR) is 65.5 cm³/mol. The number of benzene rings is 1. The summed E-state index contributed by atoms with van der Waals surface area (Å²) in [5.41, 5.74) is -0.191. The first-order chi connectivity index (χ1) is 9.43. The summed E-state index contributed by atoms with van der Waals surface area (Å²) in [5, 5.41) is 14.5. The fourth-order valence-electron chi connectivity index (χ4n) is 1.62. The Morgan fingerprint density at radius 1 is 1.40 bits per heavy atom. The maximum Gasteiger partial charge on any atom is 0.230 e. The molecule has 20 heavy (non-hydrogen) atoms. The maximum atomic E-state index is 13.3. The minimum Gasteiger partial charge on any atom is -0.544 e. The number of nitrogens with one attached hydrogen (secondary N) is 1. The summed E-state index contributed by atoms with van der Waals surface area (Å²) in [4.78, 5) is 22.5. The van der Waals surface area contributed by atoms with Crippen molar-refractivity contribution in [3.63, 3.8) is 0 Å². The topological polar surface area (TPSA) is 85.8 Å². The zero-order chi connectivity index (χ0) is 15.1. The molecule has 0 saturated heterocycles. The van der Waals surface area contributed by atoms with Crippen LogP contribution in [0.3, 0.4) is 0 Å². The smallest absolute Gasteiger partial charge is 0.230 e. The first-order valence-electron chi connectivity index (χ1n) is 6.23. The number of halogens is 2.